The quantitative estimate of drug-likeness (QED) is 0.881. The van der Waals surface area contributed by atoms with Crippen molar-refractivity contribution in [2.45, 2.75) is 39.2 Å². The van der Waals surface area contributed by atoms with Crippen molar-refractivity contribution >= 4 is 5.97 Å². The number of benzene rings is 1. The number of aliphatic carboxylic acids is 1. The summed E-state index contributed by atoms with van der Waals surface area (Å²) in [5.41, 5.74) is 0.331. The topological polar surface area (TPSA) is 46.5 Å². The second-order valence-electron chi connectivity index (χ2n) is 4.13. The van der Waals surface area contributed by atoms with Gasteiger partial charge < -0.3 is 9.84 Å². The molecule has 0 saturated heterocycles. The van der Waals surface area contributed by atoms with Crippen molar-refractivity contribution in [1.29, 1.82) is 0 Å². The van der Waals surface area contributed by atoms with Gasteiger partial charge in [0.05, 0.1) is 0 Å². The molecule has 0 saturated carbocycles. The van der Waals surface area contributed by atoms with E-state index in [1.807, 2.05) is 0 Å². The molecule has 0 aliphatic heterocycles. The van der Waals surface area contributed by atoms with E-state index >= 15 is 0 Å². The van der Waals surface area contributed by atoms with Crippen molar-refractivity contribution in [2.75, 3.05) is 0 Å². The Morgan fingerprint density at radius 1 is 1.50 bits per heavy atom. The van der Waals surface area contributed by atoms with Crippen molar-refractivity contribution in [2.24, 2.45) is 0 Å². The number of hydrogen-bond donors (Lipinski definition) is 1. The van der Waals surface area contributed by atoms with Gasteiger partial charge in [-0.1, -0.05) is 13.0 Å². The highest BCUT2D eigenvalue weighted by Crippen LogP contribution is 2.35. The summed E-state index contributed by atoms with van der Waals surface area (Å²) < 4.78 is 32.4. The fourth-order valence-electron chi connectivity index (χ4n) is 1.51. The van der Waals surface area contributed by atoms with E-state index in [9.17, 15) is 13.6 Å². The molecule has 0 aliphatic carbocycles. The second kappa shape index (κ2) is 5.33. The molecule has 1 atom stereocenters. The summed E-state index contributed by atoms with van der Waals surface area (Å²) in [5.74, 6) is -3.94. The Morgan fingerprint density at radius 2 is 2.11 bits per heavy atom. The van der Waals surface area contributed by atoms with Gasteiger partial charge in [0.25, 0.3) is 5.92 Å². The third kappa shape index (κ3) is 3.18. The summed E-state index contributed by atoms with van der Waals surface area (Å²) in [5, 5.41) is 8.70. The van der Waals surface area contributed by atoms with Crippen molar-refractivity contribution in [3.63, 3.8) is 0 Å². The monoisotopic (exact) mass is 258 g/mol. The minimum atomic E-state index is -2.93. The lowest BCUT2D eigenvalue weighted by atomic mass is 10.0. The molecule has 0 bridgehead atoms. The molecule has 0 unspecified atom stereocenters. The van der Waals surface area contributed by atoms with Gasteiger partial charge in [0.15, 0.2) is 6.10 Å². The maximum absolute atomic E-state index is 13.7. The van der Waals surface area contributed by atoms with Gasteiger partial charge in [0, 0.05) is 12.0 Å². The van der Waals surface area contributed by atoms with Crippen LogP contribution >= 0.6 is 0 Å². The molecule has 100 valence electrons. The number of rotatable bonds is 5. The Kier molecular flexibility index (Phi) is 4.27. The Labute approximate surface area is 104 Å². The van der Waals surface area contributed by atoms with E-state index in [0.29, 0.717) is 5.56 Å². The predicted molar refractivity (Wildman–Crippen MR) is 63.1 cm³/mol. The maximum atomic E-state index is 13.7. The number of halogens is 2. The van der Waals surface area contributed by atoms with Gasteiger partial charge in [-0.2, -0.15) is 0 Å². The third-order valence-electron chi connectivity index (χ3n) is 2.71. The largest absolute Gasteiger partial charge is 0.479 e. The summed E-state index contributed by atoms with van der Waals surface area (Å²) in [6.07, 6.45) is -1.39. The number of aryl methyl sites for hydroxylation is 1. The average Bonchev–Trinajstić information content (AvgIpc) is 2.31. The third-order valence-corrected chi connectivity index (χ3v) is 2.71. The van der Waals surface area contributed by atoms with Gasteiger partial charge in [0.1, 0.15) is 5.75 Å². The highest BCUT2D eigenvalue weighted by atomic mass is 19.3. The molecule has 0 aliphatic rings. The van der Waals surface area contributed by atoms with Crippen LogP contribution in [0.15, 0.2) is 18.2 Å². The predicted octanol–water partition coefficient (Wildman–Crippen LogP) is 3.35. The Morgan fingerprint density at radius 3 is 2.61 bits per heavy atom. The number of carboxylic acids is 1. The summed E-state index contributed by atoms with van der Waals surface area (Å²) in [7, 11) is 0. The smallest absolute Gasteiger partial charge is 0.344 e. The zero-order valence-electron chi connectivity index (χ0n) is 10.5. The number of carbonyl (C=O) groups is 1. The molecule has 5 heteroatoms. The minimum Gasteiger partial charge on any atom is -0.479 e. The van der Waals surface area contributed by atoms with Gasteiger partial charge in [0.2, 0.25) is 0 Å². The van der Waals surface area contributed by atoms with E-state index in [2.05, 4.69) is 0 Å². The number of hydrogen-bond acceptors (Lipinski definition) is 2. The molecule has 0 amide bonds. The fourth-order valence-corrected chi connectivity index (χ4v) is 1.51. The fraction of sp³-hybridized carbons (Fsp3) is 0.462. The Bertz CT molecular complexity index is 444. The number of ether oxygens (including phenoxy) is 1. The molecule has 0 aromatic heterocycles. The average molecular weight is 258 g/mol. The zero-order valence-corrected chi connectivity index (χ0v) is 10.5. The summed E-state index contributed by atoms with van der Waals surface area (Å²) in [4.78, 5) is 10.6. The molecule has 0 spiro atoms. The van der Waals surface area contributed by atoms with Crippen LogP contribution in [0.4, 0.5) is 8.78 Å². The van der Waals surface area contributed by atoms with Crippen LogP contribution < -0.4 is 4.74 Å². The first kappa shape index (κ1) is 14.4. The minimum absolute atomic E-state index is 0.125. The first-order valence-electron chi connectivity index (χ1n) is 5.66. The Balaban J connectivity index is 3.05. The van der Waals surface area contributed by atoms with Gasteiger partial charge >= 0.3 is 5.97 Å². The molecule has 0 heterocycles. The molecular formula is C13H16F2O3. The lowest BCUT2D eigenvalue weighted by Crippen LogP contribution is -2.23. The highest BCUT2D eigenvalue weighted by molar-refractivity contribution is 5.72. The number of carboxylic acid groups (broad SMARTS) is 1. The normalized spacial score (nSPS) is 13.2. The lowest BCUT2D eigenvalue weighted by molar-refractivity contribution is -0.144. The van der Waals surface area contributed by atoms with Crippen molar-refractivity contribution in [3.8, 4) is 5.75 Å². The maximum Gasteiger partial charge on any atom is 0.344 e. The van der Waals surface area contributed by atoms with Crippen LogP contribution in [-0.2, 0) is 10.7 Å². The summed E-state index contributed by atoms with van der Waals surface area (Å²) >= 11 is 0. The van der Waals surface area contributed by atoms with Crippen molar-refractivity contribution in [1.82, 2.24) is 0 Å². The van der Waals surface area contributed by atoms with E-state index < -0.39 is 18.0 Å². The molecule has 1 rings (SSSR count). The molecule has 1 aromatic carbocycles. The summed E-state index contributed by atoms with van der Waals surface area (Å²) in [6.45, 7) is 4.33. The molecular weight excluding hydrogens is 242 g/mol. The van der Waals surface area contributed by atoms with Crippen LogP contribution in [0.2, 0.25) is 0 Å². The Hall–Kier alpha value is -1.65. The van der Waals surface area contributed by atoms with Crippen LogP contribution in [0.25, 0.3) is 0 Å². The summed E-state index contributed by atoms with van der Waals surface area (Å²) in [6, 6.07) is 4.20. The van der Waals surface area contributed by atoms with Crippen LogP contribution in [0.3, 0.4) is 0 Å². The van der Waals surface area contributed by atoms with Crippen LogP contribution in [0, 0.1) is 6.92 Å². The van der Waals surface area contributed by atoms with E-state index in [-0.39, 0.29) is 17.7 Å². The molecule has 0 fully saturated rings. The second-order valence-corrected chi connectivity index (χ2v) is 4.13. The van der Waals surface area contributed by atoms with E-state index in [1.54, 1.807) is 6.92 Å². The first-order valence-corrected chi connectivity index (χ1v) is 5.66. The molecule has 0 radical (unpaired) electrons. The van der Waals surface area contributed by atoms with Crippen LogP contribution in [0.1, 0.15) is 31.4 Å². The van der Waals surface area contributed by atoms with Gasteiger partial charge in [-0.05, 0) is 31.5 Å². The van der Waals surface area contributed by atoms with Crippen LogP contribution in [0.5, 0.6) is 5.75 Å². The molecule has 18 heavy (non-hydrogen) atoms. The lowest BCUT2D eigenvalue weighted by Gasteiger charge is -2.19. The van der Waals surface area contributed by atoms with Gasteiger partial charge in [-0.15, -0.1) is 0 Å². The van der Waals surface area contributed by atoms with E-state index in [4.69, 9.17) is 9.84 Å². The first-order chi connectivity index (χ1) is 8.27. The van der Waals surface area contributed by atoms with E-state index in [1.165, 1.54) is 32.0 Å². The molecule has 1 aromatic rings. The molecule has 1 N–H and O–H groups in total. The van der Waals surface area contributed by atoms with Gasteiger partial charge in [-0.3, -0.25) is 0 Å². The van der Waals surface area contributed by atoms with Crippen LogP contribution in [-0.4, -0.2) is 17.2 Å². The van der Waals surface area contributed by atoms with Crippen molar-refractivity contribution < 1.29 is 23.4 Å². The standard InChI is InChI=1S/C13H16F2O3/c1-4-13(14,15)11-7-10(6-5-8(11)2)18-9(3)12(16)17/h5-7,9H,4H2,1-3H3,(H,16,17)/t9-/m0/s1. The SMILES string of the molecule is CCC(F)(F)c1cc(O[C@@H](C)C(=O)O)ccc1C. The zero-order chi connectivity index (χ0) is 13.9. The molecule has 3 nitrogen and oxygen atoms in total. The van der Waals surface area contributed by atoms with E-state index in [0.717, 1.165) is 0 Å². The van der Waals surface area contributed by atoms with Gasteiger partial charge in [-0.25, -0.2) is 13.6 Å². The van der Waals surface area contributed by atoms with Crippen molar-refractivity contribution in [3.05, 3.63) is 29.3 Å². The number of alkyl halides is 2. The highest BCUT2D eigenvalue weighted by Gasteiger charge is 2.31.